The van der Waals surface area contributed by atoms with E-state index in [-0.39, 0.29) is 11.8 Å². The third-order valence-corrected chi connectivity index (χ3v) is 7.03. The molecule has 6 heteroatoms. The highest BCUT2D eigenvalue weighted by Gasteiger charge is 2.39. The normalized spacial score (nSPS) is 25.5. The lowest BCUT2D eigenvalue weighted by atomic mass is 10.1. The Bertz CT molecular complexity index is 680. The van der Waals surface area contributed by atoms with E-state index in [0.717, 1.165) is 5.56 Å². The van der Waals surface area contributed by atoms with Crippen molar-refractivity contribution in [2.45, 2.75) is 36.3 Å². The Morgan fingerprint density at radius 1 is 1.22 bits per heavy atom. The van der Waals surface area contributed by atoms with Gasteiger partial charge in [-0.2, -0.15) is 0 Å². The smallest absolute Gasteiger partial charge is 0.225 e. The first kappa shape index (κ1) is 16.5. The quantitative estimate of drug-likeness (QED) is 0.844. The zero-order chi connectivity index (χ0) is 16.4. The summed E-state index contributed by atoms with van der Waals surface area (Å²) >= 11 is 0. The highest BCUT2D eigenvalue weighted by atomic mass is 32.2. The van der Waals surface area contributed by atoms with Crippen LogP contribution in [0.5, 0.6) is 0 Å². The predicted octanol–water partition coefficient (Wildman–Crippen LogP) is 1.80. The van der Waals surface area contributed by atoms with E-state index in [0.29, 0.717) is 50.5 Å². The third kappa shape index (κ3) is 3.43. The maximum atomic E-state index is 12.8. The molecule has 1 aromatic rings. The second kappa shape index (κ2) is 6.61. The Hall–Kier alpha value is -1.40. The molecule has 5 nitrogen and oxygen atoms in total. The number of ether oxygens (including phenoxy) is 1. The van der Waals surface area contributed by atoms with E-state index in [1.54, 1.807) is 18.2 Å². The number of aryl methyl sites for hydroxylation is 1. The fraction of sp³-hybridized carbons (Fsp3) is 0.588. The van der Waals surface area contributed by atoms with Gasteiger partial charge >= 0.3 is 0 Å². The van der Waals surface area contributed by atoms with Crippen molar-refractivity contribution in [3.05, 3.63) is 29.8 Å². The zero-order valence-corrected chi connectivity index (χ0v) is 14.2. The van der Waals surface area contributed by atoms with Gasteiger partial charge in [-0.3, -0.25) is 4.79 Å². The summed E-state index contributed by atoms with van der Waals surface area (Å²) in [7, 11) is -3.35. The van der Waals surface area contributed by atoms with Crippen LogP contribution >= 0.6 is 0 Å². The molecule has 3 rings (SSSR count). The number of nitrogens with zero attached hydrogens (tertiary/aromatic N) is 1. The van der Waals surface area contributed by atoms with Crippen molar-refractivity contribution >= 4 is 15.7 Å². The van der Waals surface area contributed by atoms with Crippen molar-refractivity contribution in [2.75, 3.05) is 26.3 Å². The summed E-state index contributed by atoms with van der Waals surface area (Å²) in [5.74, 6) is -0.0760. The highest BCUT2D eigenvalue weighted by molar-refractivity contribution is 7.92. The van der Waals surface area contributed by atoms with Crippen molar-refractivity contribution in [3.63, 3.8) is 0 Å². The maximum absolute atomic E-state index is 12.8. The van der Waals surface area contributed by atoms with E-state index in [1.807, 2.05) is 17.9 Å². The van der Waals surface area contributed by atoms with Crippen LogP contribution in [0.25, 0.3) is 0 Å². The zero-order valence-electron chi connectivity index (χ0n) is 13.4. The predicted molar refractivity (Wildman–Crippen MR) is 86.9 cm³/mol. The molecule has 0 bridgehead atoms. The van der Waals surface area contributed by atoms with E-state index < -0.39 is 15.1 Å². The second-order valence-corrected chi connectivity index (χ2v) is 8.66. The van der Waals surface area contributed by atoms with Gasteiger partial charge in [0.15, 0.2) is 9.84 Å². The molecule has 2 atom stereocenters. The number of carbonyl (C=O) groups is 1. The Morgan fingerprint density at radius 2 is 1.96 bits per heavy atom. The number of amides is 1. The van der Waals surface area contributed by atoms with Gasteiger partial charge in [-0.25, -0.2) is 8.42 Å². The molecule has 1 saturated heterocycles. The van der Waals surface area contributed by atoms with E-state index in [2.05, 4.69) is 0 Å². The molecule has 1 aromatic carbocycles. The third-order valence-electron chi connectivity index (χ3n) is 4.81. The molecule has 1 heterocycles. The van der Waals surface area contributed by atoms with Crippen LogP contribution in [0.2, 0.25) is 0 Å². The summed E-state index contributed by atoms with van der Waals surface area (Å²) in [5.41, 5.74) is 0.935. The first-order valence-corrected chi connectivity index (χ1v) is 9.70. The number of benzene rings is 1. The van der Waals surface area contributed by atoms with Crippen molar-refractivity contribution in [3.8, 4) is 0 Å². The summed E-state index contributed by atoms with van der Waals surface area (Å²) in [6.45, 7) is 4.26. The molecular formula is C17H23NO4S. The Balaban J connectivity index is 1.70. The Kier molecular flexibility index (Phi) is 4.73. The first-order chi connectivity index (χ1) is 11.0. The van der Waals surface area contributed by atoms with Crippen LogP contribution in [0.1, 0.15) is 24.8 Å². The van der Waals surface area contributed by atoms with E-state index in [4.69, 9.17) is 4.74 Å². The molecule has 1 aliphatic heterocycles. The molecule has 2 fully saturated rings. The number of hydrogen-bond acceptors (Lipinski definition) is 4. The molecule has 1 aliphatic carbocycles. The molecule has 1 saturated carbocycles. The average molecular weight is 337 g/mol. The molecule has 0 N–H and O–H groups in total. The van der Waals surface area contributed by atoms with Crippen LogP contribution in [-0.2, 0) is 19.4 Å². The van der Waals surface area contributed by atoms with Gasteiger partial charge < -0.3 is 9.64 Å². The maximum Gasteiger partial charge on any atom is 0.225 e. The summed E-state index contributed by atoms with van der Waals surface area (Å²) in [6.07, 6.45) is 1.66. The number of hydrogen-bond donors (Lipinski definition) is 0. The van der Waals surface area contributed by atoms with Gasteiger partial charge in [0, 0.05) is 19.0 Å². The molecule has 0 spiro atoms. The number of rotatable bonds is 3. The number of morpholine rings is 1. The lowest BCUT2D eigenvalue weighted by molar-refractivity contribution is -0.139. The van der Waals surface area contributed by atoms with Gasteiger partial charge in [0.1, 0.15) is 0 Å². The molecule has 0 unspecified atom stereocenters. The monoisotopic (exact) mass is 337 g/mol. The summed E-state index contributed by atoms with van der Waals surface area (Å²) < 4.78 is 30.8. The SMILES string of the molecule is Cc1cccc(S(=O)(=O)[C@@H]2CC[C@@H](C(=O)N3CCOCC3)C2)c1. The van der Waals surface area contributed by atoms with Crippen LogP contribution in [-0.4, -0.2) is 50.8 Å². The standard InChI is InChI=1S/C17H23NO4S/c1-13-3-2-4-15(11-13)23(20,21)16-6-5-14(12-16)17(19)18-7-9-22-10-8-18/h2-4,11,14,16H,5-10,12H2,1H3/t14-,16-/m1/s1. The van der Waals surface area contributed by atoms with Gasteiger partial charge in [-0.15, -0.1) is 0 Å². The van der Waals surface area contributed by atoms with Crippen LogP contribution in [0, 0.1) is 12.8 Å². The van der Waals surface area contributed by atoms with Gasteiger partial charge in [0.25, 0.3) is 0 Å². The number of sulfone groups is 1. The second-order valence-electron chi connectivity index (χ2n) is 6.43. The first-order valence-electron chi connectivity index (χ1n) is 8.15. The summed E-state index contributed by atoms with van der Waals surface area (Å²) in [6, 6.07) is 7.03. The van der Waals surface area contributed by atoms with E-state index in [1.165, 1.54) is 0 Å². The molecule has 126 valence electrons. The minimum atomic E-state index is -3.35. The van der Waals surface area contributed by atoms with Gasteiger partial charge in [0.2, 0.25) is 5.91 Å². The Labute approximate surface area is 137 Å². The average Bonchev–Trinajstić information content (AvgIpc) is 3.06. The molecule has 0 radical (unpaired) electrons. The van der Waals surface area contributed by atoms with Gasteiger partial charge in [-0.05, 0) is 43.9 Å². The van der Waals surface area contributed by atoms with Crippen LogP contribution in [0.4, 0.5) is 0 Å². The minimum absolute atomic E-state index is 0.0928. The van der Waals surface area contributed by atoms with Gasteiger partial charge in [-0.1, -0.05) is 12.1 Å². The van der Waals surface area contributed by atoms with Crippen molar-refractivity contribution in [1.29, 1.82) is 0 Å². The fourth-order valence-corrected chi connectivity index (χ4v) is 5.41. The molecule has 1 amide bonds. The van der Waals surface area contributed by atoms with Crippen molar-refractivity contribution < 1.29 is 17.9 Å². The van der Waals surface area contributed by atoms with Crippen LogP contribution in [0.3, 0.4) is 0 Å². The molecular weight excluding hydrogens is 314 g/mol. The largest absolute Gasteiger partial charge is 0.378 e. The van der Waals surface area contributed by atoms with E-state index in [9.17, 15) is 13.2 Å². The Morgan fingerprint density at radius 3 is 2.65 bits per heavy atom. The van der Waals surface area contributed by atoms with Gasteiger partial charge in [0.05, 0.1) is 23.4 Å². The van der Waals surface area contributed by atoms with E-state index >= 15 is 0 Å². The molecule has 23 heavy (non-hydrogen) atoms. The van der Waals surface area contributed by atoms with Crippen molar-refractivity contribution in [1.82, 2.24) is 4.90 Å². The molecule has 0 aromatic heterocycles. The summed E-state index contributed by atoms with van der Waals surface area (Å²) in [4.78, 5) is 14.7. The lowest BCUT2D eigenvalue weighted by Gasteiger charge is -2.29. The number of carbonyl (C=O) groups excluding carboxylic acids is 1. The van der Waals surface area contributed by atoms with Crippen LogP contribution in [0.15, 0.2) is 29.2 Å². The topological polar surface area (TPSA) is 63.7 Å². The lowest BCUT2D eigenvalue weighted by Crippen LogP contribution is -2.43. The molecule has 2 aliphatic rings. The minimum Gasteiger partial charge on any atom is -0.378 e. The van der Waals surface area contributed by atoms with Crippen LogP contribution < -0.4 is 0 Å². The summed E-state index contributed by atoms with van der Waals surface area (Å²) in [5, 5.41) is -0.445. The fourth-order valence-electron chi connectivity index (χ4n) is 3.47. The van der Waals surface area contributed by atoms with Crippen molar-refractivity contribution in [2.24, 2.45) is 5.92 Å². The highest BCUT2D eigenvalue weighted by Crippen LogP contribution is 2.35.